The second-order valence-corrected chi connectivity index (χ2v) is 9.60. The Balaban J connectivity index is 1.27. The lowest BCUT2D eigenvalue weighted by Crippen LogP contribution is -2.41. The first-order valence-corrected chi connectivity index (χ1v) is 11.1. The molecule has 4 atom stereocenters. The highest BCUT2D eigenvalue weighted by Gasteiger charge is 2.63. The van der Waals surface area contributed by atoms with Crippen LogP contribution in [0.3, 0.4) is 0 Å². The molecule has 2 bridgehead atoms. The second-order valence-electron chi connectivity index (χ2n) is 8.43. The number of thiophene rings is 1. The van der Waals surface area contributed by atoms with Crippen molar-refractivity contribution in [1.29, 1.82) is 0 Å². The van der Waals surface area contributed by atoms with E-state index in [1.165, 1.54) is 10.4 Å². The highest BCUT2D eigenvalue weighted by molar-refractivity contribution is 7.14. The number of aromatic nitrogens is 1. The number of nitrogens with one attached hydrogen (secondary N) is 1. The Kier molecular flexibility index (Phi) is 4.43. The molecule has 2 aromatic rings. The zero-order valence-corrected chi connectivity index (χ0v) is 17.3. The molecular formula is C22H27N3O2S. The summed E-state index contributed by atoms with van der Waals surface area (Å²) in [7, 11) is 0. The maximum absolute atomic E-state index is 12.6. The molecule has 0 radical (unpaired) electrons. The fraction of sp³-hybridized carbons (Fsp3) is 0.545. The third kappa shape index (κ3) is 2.94. The number of fused-ring (bicyclic) bond motifs is 1. The monoisotopic (exact) mass is 397 g/mol. The van der Waals surface area contributed by atoms with E-state index in [1.54, 1.807) is 11.3 Å². The summed E-state index contributed by atoms with van der Waals surface area (Å²) in [6.45, 7) is 6.76. The van der Waals surface area contributed by atoms with Crippen molar-refractivity contribution in [3.63, 3.8) is 0 Å². The van der Waals surface area contributed by atoms with Gasteiger partial charge in [0.1, 0.15) is 5.82 Å². The molecule has 0 saturated carbocycles. The molecule has 1 N–H and O–H groups in total. The first-order valence-electron chi connectivity index (χ1n) is 10.3. The van der Waals surface area contributed by atoms with Gasteiger partial charge in [0.15, 0.2) is 0 Å². The van der Waals surface area contributed by atoms with Gasteiger partial charge in [-0.15, -0.1) is 11.3 Å². The van der Waals surface area contributed by atoms with Crippen molar-refractivity contribution < 1.29 is 9.53 Å². The van der Waals surface area contributed by atoms with Gasteiger partial charge in [0.2, 0.25) is 0 Å². The quantitative estimate of drug-likeness (QED) is 0.840. The van der Waals surface area contributed by atoms with Crippen molar-refractivity contribution in [3.8, 4) is 0 Å². The molecule has 6 heteroatoms. The summed E-state index contributed by atoms with van der Waals surface area (Å²) >= 11 is 1.60. The Labute approximate surface area is 170 Å². The lowest BCUT2D eigenvalue weighted by atomic mass is 9.73. The van der Waals surface area contributed by atoms with Crippen molar-refractivity contribution in [1.82, 2.24) is 10.3 Å². The predicted octanol–water partition coefficient (Wildman–Crippen LogP) is 3.43. The number of carbonyl (C=O) groups excluding carboxylic acids is 1. The molecule has 3 aliphatic heterocycles. The fourth-order valence-electron chi connectivity index (χ4n) is 5.27. The first-order chi connectivity index (χ1) is 13.6. The van der Waals surface area contributed by atoms with Crippen LogP contribution in [-0.2, 0) is 11.2 Å². The Bertz CT molecular complexity index is 880. The first kappa shape index (κ1) is 18.1. The third-order valence-electron chi connectivity index (χ3n) is 6.74. The molecule has 3 aliphatic rings. The maximum atomic E-state index is 12.6. The Morgan fingerprint density at radius 3 is 3.04 bits per heavy atom. The van der Waals surface area contributed by atoms with Crippen LogP contribution in [0.2, 0.25) is 0 Å². The minimum absolute atomic E-state index is 0.0507. The van der Waals surface area contributed by atoms with Crippen LogP contribution < -0.4 is 10.2 Å². The molecule has 5 heterocycles. The van der Waals surface area contributed by atoms with Crippen LogP contribution in [0.5, 0.6) is 0 Å². The average Bonchev–Trinajstić information content (AvgIpc) is 3.46. The Hall–Kier alpha value is -1.92. The number of pyridine rings is 1. The van der Waals surface area contributed by atoms with E-state index in [1.807, 2.05) is 12.3 Å². The minimum atomic E-state index is -0.0507. The van der Waals surface area contributed by atoms with E-state index in [-0.39, 0.29) is 17.6 Å². The summed E-state index contributed by atoms with van der Waals surface area (Å²) in [6, 6.07) is 8.23. The highest BCUT2D eigenvalue weighted by Crippen LogP contribution is 2.55. The normalized spacial score (nSPS) is 30.6. The van der Waals surface area contributed by atoms with E-state index in [0.29, 0.717) is 18.4 Å². The van der Waals surface area contributed by atoms with E-state index in [0.717, 1.165) is 43.0 Å². The van der Waals surface area contributed by atoms with Gasteiger partial charge in [-0.05, 0) is 49.9 Å². The molecule has 5 rings (SSSR count). The minimum Gasteiger partial charge on any atom is -0.369 e. The highest BCUT2D eigenvalue weighted by atomic mass is 32.1. The molecule has 1 spiro atoms. The number of amides is 1. The summed E-state index contributed by atoms with van der Waals surface area (Å²) in [5.74, 6) is 1.94. The van der Waals surface area contributed by atoms with Crippen molar-refractivity contribution >= 4 is 23.1 Å². The van der Waals surface area contributed by atoms with E-state index in [2.05, 4.69) is 47.2 Å². The molecule has 0 unspecified atom stereocenters. The van der Waals surface area contributed by atoms with Gasteiger partial charge in [0, 0.05) is 42.5 Å². The largest absolute Gasteiger partial charge is 0.369 e. The summed E-state index contributed by atoms with van der Waals surface area (Å²) in [5, 5.41) is 3.19. The van der Waals surface area contributed by atoms with Gasteiger partial charge in [0.05, 0.1) is 16.6 Å². The smallest absolute Gasteiger partial charge is 0.261 e. The Morgan fingerprint density at radius 2 is 2.29 bits per heavy atom. The van der Waals surface area contributed by atoms with Gasteiger partial charge < -0.3 is 15.0 Å². The SMILES string of the molecule is CCc1ccc(C(=O)NC[C@H]2[C@H]3CN(c4ccc(C)cn4)C[C@]34CC[C@H]2O4)s1. The van der Waals surface area contributed by atoms with E-state index >= 15 is 0 Å². The third-order valence-corrected chi connectivity index (χ3v) is 7.96. The molecular weight excluding hydrogens is 370 g/mol. The van der Waals surface area contributed by atoms with E-state index < -0.39 is 0 Å². The predicted molar refractivity (Wildman–Crippen MR) is 111 cm³/mol. The number of aryl methyl sites for hydroxylation is 2. The van der Waals surface area contributed by atoms with Gasteiger partial charge in [-0.3, -0.25) is 4.79 Å². The van der Waals surface area contributed by atoms with E-state index in [4.69, 9.17) is 4.74 Å². The van der Waals surface area contributed by atoms with Crippen LogP contribution in [0.1, 0.15) is 39.9 Å². The van der Waals surface area contributed by atoms with E-state index in [9.17, 15) is 4.79 Å². The standard InChI is InChI=1S/C22H27N3O2S/c1-3-15-5-6-19(28-15)21(26)24-11-16-17-12-25(20-7-4-14(2)10-23-20)13-22(17)9-8-18(16)27-22/h4-7,10,16-18H,3,8-9,11-13H2,1-2H3,(H,24,26)/t16-,17+,18+,22+/m0/s1. The summed E-state index contributed by atoms with van der Waals surface area (Å²) in [4.78, 5) is 21.6. The van der Waals surface area contributed by atoms with Crippen LogP contribution in [0, 0.1) is 18.8 Å². The average molecular weight is 398 g/mol. The summed E-state index contributed by atoms with van der Waals surface area (Å²) in [5.41, 5.74) is 1.13. The zero-order valence-electron chi connectivity index (χ0n) is 16.5. The molecule has 28 heavy (non-hydrogen) atoms. The van der Waals surface area contributed by atoms with Crippen molar-refractivity contribution in [3.05, 3.63) is 45.8 Å². The summed E-state index contributed by atoms with van der Waals surface area (Å²) in [6.07, 6.45) is 5.42. The molecule has 2 aromatic heterocycles. The van der Waals surface area contributed by atoms with Crippen LogP contribution in [0.4, 0.5) is 5.82 Å². The second kappa shape index (κ2) is 6.85. The van der Waals surface area contributed by atoms with Crippen LogP contribution >= 0.6 is 11.3 Å². The number of rotatable bonds is 5. The number of carbonyl (C=O) groups is 1. The lowest BCUT2D eigenvalue weighted by molar-refractivity contribution is 0.0141. The van der Waals surface area contributed by atoms with Crippen LogP contribution in [-0.4, -0.2) is 42.2 Å². The van der Waals surface area contributed by atoms with Crippen molar-refractivity contribution in [2.45, 2.75) is 44.8 Å². The van der Waals surface area contributed by atoms with Gasteiger partial charge in [-0.2, -0.15) is 0 Å². The van der Waals surface area contributed by atoms with Gasteiger partial charge >= 0.3 is 0 Å². The van der Waals surface area contributed by atoms with Crippen LogP contribution in [0.25, 0.3) is 0 Å². The Morgan fingerprint density at radius 1 is 1.39 bits per heavy atom. The number of ether oxygens (including phenoxy) is 1. The van der Waals surface area contributed by atoms with Crippen molar-refractivity contribution in [2.75, 3.05) is 24.5 Å². The maximum Gasteiger partial charge on any atom is 0.261 e. The lowest BCUT2D eigenvalue weighted by Gasteiger charge is -2.29. The molecule has 1 amide bonds. The molecule has 0 aliphatic carbocycles. The fourth-order valence-corrected chi connectivity index (χ4v) is 6.14. The van der Waals surface area contributed by atoms with Gasteiger partial charge in [0.25, 0.3) is 5.91 Å². The molecule has 3 saturated heterocycles. The van der Waals surface area contributed by atoms with Gasteiger partial charge in [-0.1, -0.05) is 13.0 Å². The van der Waals surface area contributed by atoms with Crippen molar-refractivity contribution in [2.24, 2.45) is 11.8 Å². The number of hydrogen-bond donors (Lipinski definition) is 1. The number of nitrogens with zero attached hydrogens (tertiary/aromatic N) is 2. The van der Waals surface area contributed by atoms with Crippen LogP contribution in [0.15, 0.2) is 30.5 Å². The number of hydrogen-bond acceptors (Lipinski definition) is 5. The zero-order chi connectivity index (χ0) is 19.3. The summed E-state index contributed by atoms with van der Waals surface area (Å²) < 4.78 is 6.51. The molecule has 148 valence electrons. The number of anilines is 1. The molecule has 3 fully saturated rings. The topological polar surface area (TPSA) is 54.5 Å². The van der Waals surface area contributed by atoms with Gasteiger partial charge in [-0.25, -0.2) is 4.98 Å². The molecule has 0 aromatic carbocycles. The molecule has 5 nitrogen and oxygen atoms in total.